The van der Waals surface area contributed by atoms with E-state index >= 15 is 0 Å². The molecule has 210 valence electrons. The van der Waals surface area contributed by atoms with Crippen molar-refractivity contribution < 1.29 is 19.0 Å². The number of thiophene rings is 1. The van der Waals surface area contributed by atoms with Crippen LogP contribution in [-0.4, -0.2) is 59.9 Å². The highest BCUT2D eigenvalue weighted by molar-refractivity contribution is 7.13. The maximum atomic E-state index is 11.8. The normalized spacial score (nSPS) is 15.0. The lowest BCUT2D eigenvalue weighted by molar-refractivity contribution is 0.0908. The molecule has 5 rings (SSSR count). The van der Waals surface area contributed by atoms with Crippen LogP contribution in [0.1, 0.15) is 15.4 Å². The molecule has 0 radical (unpaired) electrons. The topological polar surface area (TPSA) is 116 Å². The first-order chi connectivity index (χ1) is 19.1. The Kier molecular flexibility index (Phi) is 7.72. The molecule has 0 saturated carbocycles. The van der Waals surface area contributed by atoms with Crippen molar-refractivity contribution in [1.29, 1.82) is 5.26 Å². The van der Waals surface area contributed by atoms with E-state index in [0.717, 1.165) is 50.0 Å². The quantitative estimate of drug-likeness (QED) is 0.215. The van der Waals surface area contributed by atoms with Gasteiger partial charge in [-0.2, -0.15) is 10.4 Å². The van der Waals surface area contributed by atoms with Crippen molar-refractivity contribution in [3.63, 3.8) is 0 Å². The Hall–Kier alpha value is -3.66. The summed E-state index contributed by atoms with van der Waals surface area (Å²) in [6, 6.07) is 9.17. The first-order valence-electron chi connectivity index (χ1n) is 13.2. The molecule has 0 aliphatic carbocycles. The van der Waals surface area contributed by atoms with Crippen LogP contribution in [-0.2, 0) is 22.7 Å². The van der Waals surface area contributed by atoms with Crippen molar-refractivity contribution in [2.45, 2.75) is 58.9 Å². The first kappa shape index (κ1) is 27.9. The molecule has 10 nitrogen and oxygen atoms in total. The number of amides is 1. The van der Waals surface area contributed by atoms with Gasteiger partial charge < -0.3 is 24.1 Å². The molecule has 0 bridgehead atoms. The van der Waals surface area contributed by atoms with Crippen molar-refractivity contribution in [2.24, 2.45) is 0 Å². The lowest BCUT2D eigenvalue weighted by atomic mass is 9.99. The van der Waals surface area contributed by atoms with Crippen molar-refractivity contribution in [1.82, 2.24) is 24.6 Å². The van der Waals surface area contributed by atoms with Gasteiger partial charge in [-0.25, -0.2) is 14.5 Å². The monoisotopic (exact) mass is 578 g/mol. The number of methoxy groups -OCH3 is 1. The average Bonchev–Trinajstić information content (AvgIpc) is 3.54. The Balaban J connectivity index is 1.69. The van der Waals surface area contributed by atoms with Gasteiger partial charge in [0.2, 0.25) is 5.88 Å². The van der Waals surface area contributed by atoms with Crippen LogP contribution in [0, 0.1) is 25.2 Å². The van der Waals surface area contributed by atoms with E-state index in [1.165, 1.54) is 18.4 Å². The van der Waals surface area contributed by atoms with Gasteiger partial charge in [0, 0.05) is 42.3 Å². The van der Waals surface area contributed by atoms with E-state index in [4.69, 9.17) is 24.3 Å². The number of hydrogen-bond acceptors (Lipinski definition) is 8. The van der Waals surface area contributed by atoms with Gasteiger partial charge in [0.1, 0.15) is 29.9 Å². The van der Waals surface area contributed by atoms with E-state index in [-0.39, 0.29) is 12.6 Å². The second kappa shape index (κ2) is 11.1. The third-order valence-electron chi connectivity index (χ3n) is 6.90. The Morgan fingerprint density at radius 3 is 2.85 bits per heavy atom. The summed E-state index contributed by atoms with van der Waals surface area (Å²) in [6.07, 6.45) is 1.26. The van der Waals surface area contributed by atoms with Crippen LogP contribution in [0.2, 0.25) is 25.7 Å². The highest BCUT2D eigenvalue weighted by Gasteiger charge is 2.33. The molecule has 1 amide bonds. The number of carbonyl (C=O) groups excluding carboxylic acids is 1. The summed E-state index contributed by atoms with van der Waals surface area (Å²) in [5.74, 6) is 0.610. The lowest BCUT2D eigenvalue weighted by Crippen LogP contribution is -2.44. The smallest absolute Gasteiger partial charge is 0.407 e. The zero-order valence-corrected chi connectivity index (χ0v) is 25.5. The van der Waals surface area contributed by atoms with Gasteiger partial charge in [-0.1, -0.05) is 19.6 Å². The molecule has 0 fully saturated rings. The summed E-state index contributed by atoms with van der Waals surface area (Å²) in [5, 5.41) is 18.6. The van der Waals surface area contributed by atoms with E-state index in [0.29, 0.717) is 30.6 Å². The molecule has 1 N–H and O–H groups in total. The highest BCUT2D eigenvalue weighted by Crippen LogP contribution is 2.47. The largest absolute Gasteiger partial charge is 0.475 e. The number of nitriles is 1. The minimum absolute atomic E-state index is 0.273. The van der Waals surface area contributed by atoms with Crippen LogP contribution in [0.4, 0.5) is 4.79 Å². The summed E-state index contributed by atoms with van der Waals surface area (Å²) in [7, 11) is 0.0564. The predicted molar refractivity (Wildman–Crippen MR) is 157 cm³/mol. The minimum atomic E-state index is -1.28. The van der Waals surface area contributed by atoms with Crippen molar-refractivity contribution >= 4 is 36.5 Å². The minimum Gasteiger partial charge on any atom is -0.475 e. The summed E-state index contributed by atoms with van der Waals surface area (Å²) >= 11 is 1.48. The summed E-state index contributed by atoms with van der Waals surface area (Å²) in [4.78, 5) is 18.3. The number of fused-ring (bicyclic) bond motifs is 2. The van der Waals surface area contributed by atoms with Crippen LogP contribution in [0.15, 0.2) is 24.4 Å². The number of nitrogens with one attached hydrogen (secondary N) is 1. The first-order valence-corrected chi connectivity index (χ1v) is 17.7. The van der Waals surface area contributed by atoms with E-state index in [1.807, 2.05) is 26.0 Å². The maximum Gasteiger partial charge on any atom is 0.407 e. The molecule has 1 aliphatic rings. The Labute approximate surface area is 238 Å². The standard InChI is InChI=1S/C28H34N6O4SSi/c1-17-12-21(22(13-29)39-17)24-20-8-7-9-30-26(20)33(16-37-10-11-40(4,5)6)25(24)23-18(2)32-34-14-19(15-38-27(23)34)31-28(35)36-3/h7-9,12,19H,10-11,14-16H2,1-6H3,(H,31,35)/t19-/m0/s1. The van der Waals surface area contributed by atoms with Crippen LogP contribution in [0.3, 0.4) is 0 Å². The third kappa shape index (κ3) is 5.37. The molecule has 4 aromatic heterocycles. The lowest BCUT2D eigenvalue weighted by Gasteiger charge is -2.25. The van der Waals surface area contributed by atoms with Gasteiger partial charge >= 0.3 is 6.09 Å². The number of ether oxygens (including phenoxy) is 3. The molecule has 12 heteroatoms. The van der Waals surface area contributed by atoms with Crippen LogP contribution >= 0.6 is 11.3 Å². The molecule has 0 spiro atoms. The van der Waals surface area contributed by atoms with Crippen LogP contribution < -0.4 is 10.1 Å². The molecule has 1 atom stereocenters. The Morgan fingerprint density at radius 1 is 1.32 bits per heavy atom. The van der Waals surface area contributed by atoms with Crippen molar-refractivity contribution in [3.05, 3.63) is 39.8 Å². The zero-order valence-electron chi connectivity index (χ0n) is 23.7. The van der Waals surface area contributed by atoms with Gasteiger partial charge in [0.25, 0.3) is 0 Å². The SMILES string of the molecule is COC(=O)N[C@@H]1COc2c(-c3c(-c4cc(C)sc4C#N)c4cccnc4n3COCC[Si](C)(C)C)c(C)nn2C1. The highest BCUT2D eigenvalue weighted by atomic mass is 32.1. The molecule has 0 saturated heterocycles. The number of aryl methyl sites for hydroxylation is 2. The van der Waals surface area contributed by atoms with Gasteiger partial charge in [0.05, 0.1) is 36.6 Å². The van der Waals surface area contributed by atoms with E-state index in [2.05, 4.69) is 41.7 Å². The third-order valence-corrected chi connectivity index (χ3v) is 9.56. The van der Waals surface area contributed by atoms with E-state index < -0.39 is 14.2 Å². The molecule has 40 heavy (non-hydrogen) atoms. The number of rotatable bonds is 8. The number of carbonyl (C=O) groups is 1. The number of alkyl carbamates (subject to hydrolysis) is 1. The van der Waals surface area contributed by atoms with Crippen molar-refractivity contribution in [2.75, 3.05) is 20.3 Å². The van der Waals surface area contributed by atoms with Gasteiger partial charge in [0.15, 0.2) is 0 Å². The number of hydrogen-bond donors (Lipinski definition) is 1. The summed E-state index contributed by atoms with van der Waals surface area (Å²) < 4.78 is 21.2. The molecule has 0 unspecified atom stereocenters. The fourth-order valence-electron chi connectivity index (χ4n) is 5.01. The summed E-state index contributed by atoms with van der Waals surface area (Å²) in [5.41, 5.74) is 5.00. The number of pyridine rings is 1. The fourth-order valence-corrected chi connectivity index (χ4v) is 6.58. The van der Waals surface area contributed by atoms with Gasteiger partial charge in [-0.05, 0) is 38.1 Å². The zero-order chi connectivity index (χ0) is 28.6. The van der Waals surface area contributed by atoms with E-state index in [9.17, 15) is 10.1 Å². The molecular formula is C28H34N6O4SSi. The number of nitrogens with zero attached hydrogens (tertiary/aromatic N) is 5. The Bertz CT molecular complexity index is 1610. The summed E-state index contributed by atoms with van der Waals surface area (Å²) in [6.45, 7) is 12.6. The van der Waals surface area contributed by atoms with Crippen LogP contribution in [0.25, 0.3) is 33.4 Å². The predicted octanol–water partition coefficient (Wildman–Crippen LogP) is 5.55. The maximum absolute atomic E-state index is 11.8. The number of aromatic nitrogens is 4. The second-order valence-corrected chi connectivity index (χ2v) is 18.1. The molecule has 0 aromatic carbocycles. The second-order valence-electron chi connectivity index (χ2n) is 11.2. The van der Waals surface area contributed by atoms with Gasteiger partial charge in [-0.3, -0.25) is 0 Å². The van der Waals surface area contributed by atoms with Crippen LogP contribution in [0.5, 0.6) is 5.88 Å². The van der Waals surface area contributed by atoms with Crippen molar-refractivity contribution in [3.8, 4) is 34.3 Å². The van der Waals surface area contributed by atoms with Gasteiger partial charge in [-0.15, -0.1) is 11.3 Å². The molecule has 4 aromatic rings. The fraction of sp³-hybridized carbons (Fsp3) is 0.429. The van der Waals surface area contributed by atoms with E-state index in [1.54, 1.807) is 10.9 Å². The molecular weight excluding hydrogens is 544 g/mol. The molecule has 1 aliphatic heterocycles. The Morgan fingerprint density at radius 2 is 2.12 bits per heavy atom. The average molecular weight is 579 g/mol. The molecule has 5 heterocycles.